The minimum atomic E-state index is -3.65. The third-order valence-corrected chi connectivity index (χ3v) is 0. The Kier molecular flexibility index (Phi) is 37.4. The number of halogens is 3. The third-order valence-electron chi connectivity index (χ3n) is 0. The minimum Gasteiger partial charge on any atom is -0.405 e. The van der Waals surface area contributed by atoms with Gasteiger partial charge in [-0.1, -0.05) is 0 Å². The maximum absolute atomic E-state index is 8.52. The zero-order valence-corrected chi connectivity index (χ0v) is 11.6. The third kappa shape index (κ3) is 405. The first-order chi connectivity index (χ1) is 5.20. The fourth-order valence-electron chi connectivity index (χ4n) is 0. The first kappa shape index (κ1) is 24.5. The molecule has 0 N–H and O–H groups in total. The summed E-state index contributed by atoms with van der Waals surface area (Å²) in [6.45, 7) is 0. The van der Waals surface area contributed by atoms with Crippen LogP contribution in [0.5, 0.6) is 0 Å². The molecule has 0 rings (SSSR count). The Morgan fingerprint density at radius 1 is 0.385 bits per heavy atom. The van der Waals surface area contributed by atoms with Gasteiger partial charge >= 0.3 is 36.9 Å². The van der Waals surface area contributed by atoms with Crippen LogP contribution in [0.1, 0.15) is 0 Å². The molecule has 88 valence electrons. The van der Waals surface area contributed by atoms with Crippen molar-refractivity contribution in [2.24, 2.45) is 0 Å². The van der Waals surface area contributed by atoms with Gasteiger partial charge in [-0.05, 0) is 0 Å². The molecule has 0 aromatic rings. The first-order valence-corrected chi connectivity index (χ1v) is 7.22. The summed E-state index contributed by atoms with van der Waals surface area (Å²) in [6.07, 6.45) is 0. The molecule has 0 aliphatic heterocycles. The van der Waals surface area contributed by atoms with E-state index < -0.39 is 44.4 Å². The van der Waals surface area contributed by atoms with Gasteiger partial charge in [-0.2, -0.15) is 0 Å². The van der Waals surface area contributed by atoms with Crippen molar-refractivity contribution >= 4 is 0 Å². The summed E-state index contributed by atoms with van der Waals surface area (Å²) in [6, 6.07) is 0. The van der Waals surface area contributed by atoms with E-state index in [2.05, 4.69) is 0 Å². The molecule has 0 radical (unpaired) electrons. The molecule has 0 aliphatic carbocycles. The molecule has 9 nitrogen and oxygen atoms in total. The van der Waals surface area contributed by atoms with Crippen molar-refractivity contribution in [3.63, 3.8) is 0 Å². The van der Waals surface area contributed by atoms with Crippen molar-refractivity contribution in [2.45, 2.75) is 0 Å². The second kappa shape index (κ2) is 19.8. The second-order valence-electron chi connectivity index (χ2n) is 0.567. The SMILES string of the molecule is [O-][Br+2]([O-])[O-].[O-][Br+2]([O-])[O-].[O-][Br+2]([O-])[O-].[Tm+3]. The van der Waals surface area contributed by atoms with Gasteiger partial charge in [0, 0.05) is 0 Å². The molecule has 0 fully saturated rings. The molecule has 0 bridgehead atoms. The van der Waals surface area contributed by atoms with Crippen LogP contribution in [0, 0.1) is 81.3 Å². The van der Waals surface area contributed by atoms with E-state index >= 15 is 0 Å². The van der Waals surface area contributed by atoms with Crippen LogP contribution in [0.2, 0.25) is 0 Å². The molecule has 0 atom stereocenters. The Labute approximate surface area is 118 Å². The van der Waals surface area contributed by atoms with E-state index in [-0.39, 0.29) is 36.9 Å². The van der Waals surface area contributed by atoms with Crippen LogP contribution in [0.4, 0.5) is 0 Å². The Bertz CT molecular complexity index is 43.4. The van der Waals surface area contributed by atoms with E-state index in [4.69, 9.17) is 37.8 Å². The molecular formula is Br3O9Tm. The van der Waals surface area contributed by atoms with E-state index in [0.29, 0.717) is 0 Å². The Hall–Kier alpha value is 2.31. The average molecular weight is 553 g/mol. The summed E-state index contributed by atoms with van der Waals surface area (Å²) in [5.41, 5.74) is 0. The Balaban J connectivity index is -0.0000000450. The molecular weight excluding hydrogens is 553 g/mol. The molecule has 0 aromatic heterocycles. The Morgan fingerprint density at radius 3 is 0.385 bits per heavy atom. The predicted octanol–water partition coefficient (Wildman–Crippen LogP) is -10.7. The molecule has 0 saturated heterocycles. The smallest absolute Gasteiger partial charge is 0.405 e. The standard InChI is InChI=1S/3BrO3.Tm/c3*2-1(3)4;/q3*-1;+3. The van der Waals surface area contributed by atoms with E-state index in [1.165, 1.54) is 0 Å². The van der Waals surface area contributed by atoms with Crippen LogP contribution in [0.25, 0.3) is 0 Å². The zero-order chi connectivity index (χ0) is 10.7. The van der Waals surface area contributed by atoms with Crippen LogP contribution >= 0.6 is 0 Å². The van der Waals surface area contributed by atoms with Crippen molar-refractivity contribution in [3.05, 3.63) is 0 Å². The van der Waals surface area contributed by atoms with E-state index in [9.17, 15) is 0 Å². The predicted molar refractivity (Wildman–Crippen MR) is 0 cm³/mol. The minimum absolute atomic E-state index is 0. The van der Waals surface area contributed by atoms with Crippen LogP contribution in [-0.2, 0) is 0 Å². The fraction of sp³-hybridized carbons (Fsp3) is 0. The number of hydrogen-bond donors (Lipinski definition) is 0. The maximum atomic E-state index is 8.52. The van der Waals surface area contributed by atoms with Gasteiger partial charge in [-0.25, -0.2) is 0 Å². The van der Waals surface area contributed by atoms with Crippen LogP contribution in [0.3, 0.4) is 0 Å². The normalized spacial score (nSPS) is 8.31. The van der Waals surface area contributed by atoms with Crippen LogP contribution < -0.4 is 37.8 Å². The summed E-state index contributed by atoms with van der Waals surface area (Å²) >= 11 is -10.9. The van der Waals surface area contributed by atoms with E-state index in [1.54, 1.807) is 0 Å². The summed E-state index contributed by atoms with van der Waals surface area (Å²) in [5, 5.41) is 0. The quantitative estimate of drug-likeness (QED) is 0.279. The largest absolute Gasteiger partial charge is 3.00 e. The number of hydrogen-bond acceptors (Lipinski definition) is 9. The molecule has 0 spiro atoms. The van der Waals surface area contributed by atoms with Gasteiger partial charge in [0.1, 0.15) is 0 Å². The van der Waals surface area contributed by atoms with Crippen LogP contribution in [0.15, 0.2) is 0 Å². The molecule has 0 saturated carbocycles. The van der Waals surface area contributed by atoms with E-state index in [1.807, 2.05) is 0 Å². The van der Waals surface area contributed by atoms with Crippen molar-refractivity contribution in [3.8, 4) is 0 Å². The second-order valence-corrected chi connectivity index (χ2v) is 2.95. The van der Waals surface area contributed by atoms with Crippen molar-refractivity contribution in [1.29, 1.82) is 0 Å². The van der Waals surface area contributed by atoms with Gasteiger partial charge < -0.3 is 37.8 Å². The van der Waals surface area contributed by atoms with E-state index in [0.717, 1.165) is 0 Å². The van der Waals surface area contributed by atoms with Gasteiger partial charge in [0.05, 0.1) is 0 Å². The molecule has 13 heavy (non-hydrogen) atoms. The summed E-state index contributed by atoms with van der Waals surface area (Å²) in [7, 11) is 0. The monoisotopic (exact) mass is 550 g/mol. The average Bonchev–Trinajstić information content (AvgIpc) is 1.54. The molecule has 0 aliphatic rings. The van der Waals surface area contributed by atoms with Crippen molar-refractivity contribution in [2.75, 3.05) is 0 Å². The maximum Gasteiger partial charge on any atom is 3.00 e. The molecule has 13 heteroatoms. The molecule has 0 aromatic carbocycles. The van der Waals surface area contributed by atoms with Crippen molar-refractivity contribution in [1.82, 2.24) is 0 Å². The summed E-state index contributed by atoms with van der Waals surface area (Å²) < 4.78 is 76.7. The van der Waals surface area contributed by atoms with Gasteiger partial charge in [0.25, 0.3) is 0 Å². The molecule has 0 amide bonds. The van der Waals surface area contributed by atoms with Gasteiger partial charge in [-0.15, -0.1) is 0 Å². The van der Waals surface area contributed by atoms with Crippen LogP contribution in [-0.4, -0.2) is 0 Å². The van der Waals surface area contributed by atoms with Crippen molar-refractivity contribution < 1.29 is 119 Å². The van der Waals surface area contributed by atoms with Gasteiger partial charge in [0.15, 0.2) is 0 Å². The molecule has 0 heterocycles. The summed E-state index contributed by atoms with van der Waals surface area (Å²) in [5.74, 6) is 0. The number of rotatable bonds is 0. The topological polar surface area (TPSA) is 208 Å². The summed E-state index contributed by atoms with van der Waals surface area (Å²) in [4.78, 5) is 0. The zero-order valence-electron chi connectivity index (χ0n) is 5.09. The van der Waals surface area contributed by atoms with Gasteiger partial charge in [-0.3, -0.25) is 0 Å². The first-order valence-electron chi connectivity index (χ1n) is 1.39. The Morgan fingerprint density at radius 2 is 0.385 bits per heavy atom. The fourth-order valence-corrected chi connectivity index (χ4v) is 0. The van der Waals surface area contributed by atoms with Gasteiger partial charge in [0.2, 0.25) is 44.4 Å². The molecule has 0 unspecified atom stereocenters.